The lowest BCUT2D eigenvalue weighted by Gasteiger charge is -2.16. The molecule has 88 valence electrons. The minimum Gasteiger partial charge on any atom is -0.399 e. The summed E-state index contributed by atoms with van der Waals surface area (Å²) in [6.45, 7) is 2.48. The van der Waals surface area contributed by atoms with Crippen LogP contribution >= 0.6 is 0 Å². The zero-order chi connectivity index (χ0) is 12.1. The van der Waals surface area contributed by atoms with Crippen LogP contribution < -0.4 is 16.8 Å². The van der Waals surface area contributed by atoms with E-state index >= 15 is 0 Å². The fourth-order valence-corrected chi connectivity index (χ4v) is 1.45. The van der Waals surface area contributed by atoms with E-state index in [4.69, 9.17) is 16.2 Å². The zero-order valence-corrected chi connectivity index (χ0v) is 9.49. The van der Waals surface area contributed by atoms with Gasteiger partial charge in [0, 0.05) is 24.5 Å². The Morgan fingerprint density at radius 2 is 2.25 bits per heavy atom. The van der Waals surface area contributed by atoms with E-state index in [2.05, 4.69) is 5.32 Å². The van der Waals surface area contributed by atoms with Crippen molar-refractivity contribution in [3.63, 3.8) is 0 Å². The summed E-state index contributed by atoms with van der Waals surface area (Å²) in [5.74, 6) is -0.480. The molecular formula is C11H17N3O2. The second-order valence-corrected chi connectivity index (χ2v) is 3.67. The molecule has 5 N–H and O–H groups in total. The van der Waals surface area contributed by atoms with Crippen LogP contribution in [-0.2, 0) is 4.74 Å². The predicted molar refractivity (Wildman–Crippen MR) is 64.3 cm³/mol. The predicted octanol–water partition coefficient (Wildman–Crippen LogP) is 0.815. The molecule has 0 aliphatic heterocycles. The van der Waals surface area contributed by atoms with E-state index in [-0.39, 0.29) is 6.04 Å². The lowest BCUT2D eigenvalue weighted by molar-refractivity contribution is 0.100. The minimum absolute atomic E-state index is 0.0740. The van der Waals surface area contributed by atoms with Gasteiger partial charge in [-0.3, -0.25) is 4.79 Å². The van der Waals surface area contributed by atoms with Crippen LogP contribution in [0.1, 0.15) is 17.3 Å². The van der Waals surface area contributed by atoms with E-state index in [1.807, 2.05) is 6.92 Å². The largest absolute Gasteiger partial charge is 0.399 e. The number of carbonyl (C=O) groups is 1. The zero-order valence-electron chi connectivity index (χ0n) is 9.49. The highest BCUT2D eigenvalue weighted by Gasteiger charge is 2.10. The SMILES string of the molecule is COCC(C)Nc1cc(N)ccc1C(N)=O. The molecule has 0 aliphatic rings. The number of anilines is 2. The molecule has 1 atom stereocenters. The molecule has 0 saturated heterocycles. The van der Waals surface area contributed by atoms with E-state index in [0.717, 1.165) is 0 Å². The smallest absolute Gasteiger partial charge is 0.250 e. The van der Waals surface area contributed by atoms with Crippen molar-refractivity contribution in [1.29, 1.82) is 0 Å². The lowest BCUT2D eigenvalue weighted by atomic mass is 10.1. The summed E-state index contributed by atoms with van der Waals surface area (Å²) < 4.78 is 5.00. The summed E-state index contributed by atoms with van der Waals surface area (Å²) in [4.78, 5) is 11.2. The number of carbonyl (C=O) groups excluding carboxylic acids is 1. The minimum atomic E-state index is -0.480. The molecule has 1 aromatic rings. The maximum absolute atomic E-state index is 11.2. The van der Waals surface area contributed by atoms with Gasteiger partial charge in [0.25, 0.3) is 5.91 Å². The molecule has 0 radical (unpaired) electrons. The molecule has 5 nitrogen and oxygen atoms in total. The molecule has 0 spiro atoms. The van der Waals surface area contributed by atoms with Crippen LogP contribution in [0.25, 0.3) is 0 Å². The Hall–Kier alpha value is -1.75. The first kappa shape index (κ1) is 12.3. The molecule has 1 aromatic carbocycles. The average Bonchev–Trinajstić information content (AvgIpc) is 2.17. The maximum atomic E-state index is 11.2. The number of benzene rings is 1. The van der Waals surface area contributed by atoms with Gasteiger partial charge >= 0.3 is 0 Å². The molecule has 0 heterocycles. The van der Waals surface area contributed by atoms with E-state index in [0.29, 0.717) is 23.5 Å². The summed E-state index contributed by atoms with van der Waals surface area (Å²) in [5.41, 5.74) is 12.6. The van der Waals surface area contributed by atoms with Crippen molar-refractivity contribution in [3.05, 3.63) is 23.8 Å². The summed E-state index contributed by atoms with van der Waals surface area (Å²) in [7, 11) is 1.62. The molecule has 0 bridgehead atoms. The van der Waals surface area contributed by atoms with Crippen molar-refractivity contribution >= 4 is 17.3 Å². The fourth-order valence-electron chi connectivity index (χ4n) is 1.45. The Balaban J connectivity index is 2.92. The third kappa shape index (κ3) is 3.13. The molecule has 1 unspecified atom stereocenters. The van der Waals surface area contributed by atoms with Gasteiger partial charge in [0.05, 0.1) is 12.2 Å². The molecule has 1 rings (SSSR count). The number of rotatable bonds is 5. The van der Waals surface area contributed by atoms with Crippen LogP contribution in [0, 0.1) is 0 Å². The van der Waals surface area contributed by atoms with Crippen molar-refractivity contribution in [2.45, 2.75) is 13.0 Å². The van der Waals surface area contributed by atoms with E-state index in [9.17, 15) is 4.79 Å². The molecule has 5 heteroatoms. The highest BCUT2D eigenvalue weighted by molar-refractivity contribution is 5.99. The third-order valence-corrected chi connectivity index (χ3v) is 2.13. The lowest BCUT2D eigenvalue weighted by Crippen LogP contribution is -2.23. The number of ether oxygens (including phenoxy) is 1. The normalized spacial score (nSPS) is 12.1. The number of hydrogen-bond acceptors (Lipinski definition) is 4. The van der Waals surface area contributed by atoms with Crippen molar-refractivity contribution in [3.8, 4) is 0 Å². The third-order valence-electron chi connectivity index (χ3n) is 2.13. The van der Waals surface area contributed by atoms with Crippen LogP contribution in [0.15, 0.2) is 18.2 Å². The second kappa shape index (κ2) is 5.37. The van der Waals surface area contributed by atoms with Crippen LogP contribution in [0.3, 0.4) is 0 Å². The summed E-state index contributed by atoms with van der Waals surface area (Å²) in [6, 6.07) is 5.02. The molecule has 1 amide bonds. The number of methoxy groups -OCH3 is 1. The maximum Gasteiger partial charge on any atom is 0.250 e. The highest BCUT2D eigenvalue weighted by atomic mass is 16.5. The van der Waals surface area contributed by atoms with Gasteiger partial charge in [0.2, 0.25) is 0 Å². The van der Waals surface area contributed by atoms with Crippen LogP contribution in [0.4, 0.5) is 11.4 Å². The Morgan fingerprint density at radius 1 is 1.56 bits per heavy atom. The number of hydrogen-bond donors (Lipinski definition) is 3. The standard InChI is InChI=1S/C11H17N3O2/c1-7(6-16-2)14-10-5-8(12)3-4-9(10)11(13)15/h3-5,7,14H,6,12H2,1-2H3,(H2,13,15). The second-order valence-electron chi connectivity index (χ2n) is 3.67. The molecular weight excluding hydrogens is 206 g/mol. The van der Waals surface area contributed by atoms with Crippen LogP contribution in [0.5, 0.6) is 0 Å². The van der Waals surface area contributed by atoms with Gasteiger partial charge < -0.3 is 21.5 Å². The van der Waals surface area contributed by atoms with E-state index in [1.54, 1.807) is 25.3 Å². The van der Waals surface area contributed by atoms with Crippen molar-refractivity contribution in [2.24, 2.45) is 5.73 Å². The topological polar surface area (TPSA) is 90.4 Å². The van der Waals surface area contributed by atoms with Crippen LogP contribution in [-0.4, -0.2) is 25.7 Å². The number of nitrogens with two attached hydrogens (primary N) is 2. The van der Waals surface area contributed by atoms with E-state index < -0.39 is 5.91 Å². The molecule has 0 fully saturated rings. The van der Waals surface area contributed by atoms with Gasteiger partial charge in [-0.15, -0.1) is 0 Å². The van der Waals surface area contributed by atoms with Gasteiger partial charge in [-0.2, -0.15) is 0 Å². The van der Waals surface area contributed by atoms with Gasteiger partial charge in [0.15, 0.2) is 0 Å². The van der Waals surface area contributed by atoms with Crippen molar-refractivity contribution in [1.82, 2.24) is 0 Å². The van der Waals surface area contributed by atoms with Gasteiger partial charge in [-0.25, -0.2) is 0 Å². The van der Waals surface area contributed by atoms with Crippen molar-refractivity contribution < 1.29 is 9.53 Å². The first-order valence-electron chi connectivity index (χ1n) is 4.99. The quantitative estimate of drug-likeness (QED) is 0.644. The average molecular weight is 223 g/mol. The van der Waals surface area contributed by atoms with Gasteiger partial charge in [-0.05, 0) is 25.1 Å². The molecule has 0 aliphatic carbocycles. The van der Waals surface area contributed by atoms with E-state index in [1.165, 1.54) is 0 Å². The summed E-state index contributed by atoms with van der Waals surface area (Å²) in [6.07, 6.45) is 0. The van der Waals surface area contributed by atoms with Gasteiger partial charge in [0.1, 0.15) is 0 Å². The fraction of sp³-hybridized carbons (Fsp3) is 0.364. The number of amides is 1. The molecule has 0 aromatic heterocycles. The Morgan fingerprint density at radius 3 is 2.81 bits per heavy atom. The Bertz CT molecular complexity index is 379. The van der Waals surface area contributed by atoms with Gasteiger partial charge in [-0.1, -0.05) is 0 Å². The van der Waals surface area contributed by atoms with Crippen LogP contribution in [0.2, 0.25) is 0 Å². The Labute approximate surface area is 94.8 Å². The number of nitrogens with one attached hydrogen (secondary N) is 1. The highest BCUT2D eigenvalue weighted by Crippen LogP contribution is 2.19. The molecule has 16 heavy (non-hydrogen) atoms. The summed E-state index contributed by atoms with van der Waals surface area (Å²) >= 11 is 0. The monoisotopic (exact) mass is 223 g/mol. The number of nitrogen functional groups attached to an aromatic ring is 1. The summed E-state index contributed by atoms with van der Waals surface area (Å²) in [5, 5.41) is 3.13. The first-order chi connectivity index (χ1) is 7.54. The first-order valence-corrected chi connectivity index (χ1v) is 4.99. The molecule has 0 saturated carbocycles. The Kier molecular flexibility index (Phi) is 4.13. The van der Waals surface area contributed by atoms with Crippen molar-refractivity contribution in [2.75, 3.05) is 24.8 Å². The number of primary amides is 1.